The van der Waals surface area contributed by atoms with Crippen molar-refractivity contribution in [1.82, 2.24) is 4.90 Å². The molecule has 2 unspecified atom stereocenters. The molecule has 0 fully saturated rings. The highest BCUT2D eigenvalue weighted by atomic mass is 16.2. The molecule has 4 rings (SSSR count). The highest BCUT2D eigenvalue weighted by Crippen LogP contribution is 2.46. The van der Waals surface area contributed by atoms with Gasteiger partial charge in [-0.2, -0.15) is 4.99 Å². The molecule has 1 amide bonds. The summed E-state index contributed by atoms with van der Waals surface area (Å²) in [5.41, 5.74) is 0.296. The Morgan fingerprint density at radius 2 is 2.05 bits per heavy atom. The van der Waals surface area contributed by atoms with E-state index in [-0.39, 0.29) is 11.8 Å². The molecule has 3 heteroatoms. The molecule has 3 aliphatic rings. The highest BCUT2D eigenvalue weighted by molar-refractivity contribution is 6.12. The molecule has 1 aromatic carbocycles. The Bertz CT molecular complexity index is 714. The molecule has 0 N–H and O–H groups in total. The zero-order valence-electron chi connectivity index (χ0n) is 12.4. The van der Waals surface area contributed by atoms with Gasteiger partial charge in [0.1, 0.15) is 5.84 Å². The number of hydrogen-bond acceptors (Lipinski definition) is 2. The fourth-order valence-electron chi connectivity index (χ4n) is 3.78. The number of fused-ring (bicyclic) bond motifs is 1. The van der Waals surface area contributed by atoms with Gasteiger partial charge in [0.05, 0.1) is 0 Å². The second kappa shape index (κ2) is 5.09. The van der Waals surface area contributed by atoms with Crippen molar-refractivity contribution in [2.75, 3.05) is 0 Å². The van der Waals surface area contributed by atoms with Crippen molar-refractivity contribution in [3.05, 3.63) is 72.5 Å². The van der Waals surface area contributed by atoms with Crippen molar-refractivity contribution < 1.29 is 4.79 Å². The third-order valence-electron chi connectivity index (χ3n) is 4.77. The molecule has 0 spiro atoms. The van der Waals surface area contributed by atoms with E-state index in [1.54, 1.807) is 0 Å². The van der Waals surface area contributed by atoms with Gasteiger partial charge in [0.2, 0.25) is 0 Å². The highest BCUT2D eigenvalue weighted by Gasteiger charge is 2.55. The smallest absolute Gasteiger partial charge is 0.279 e. The molecule has 2 atom stereocenters. The average Bonchev–Trinajstić information content (AvgIpc) is 2.89. The number of carbonyl (C=O) groups is 1. The van der Waals surface area contributed by atoms with E-state index in [0.29, 0.717) is 0 Å². The summed E-state index contributed by atoms with van der Waals surface area (Å²) in [5.74, 6) is 0.838. The van der Waals surface area contributed by atoms with Crippen molar-refractivity contribution in [2.45, 2.75) is 24.8 Å². The summed E-state index contributed by atoms with van der Waals surface area (Å²) in [6, 6.07) is 10.1. The average molecular weight is 290 g/mol. The van der Waals surface area contributed by atoms with Crippen molar-refractivity contribution in [1.29, 1.82) is 0 Å². The molecule has 0 saturated heterocycles. The second-order valence-corrected chi connectivity index (χ2v) is 5.94. The van der Waals surface area contributed by atoms with E-state index < -0.39 is 5.54 Å². The molecule has 2 aliphatic heterocycles. The summed E-state index contributed by atoms with van der Waals surface area (Å²) in [5, 5.41) is 0. The van der Waals surface area contributed by atoms with Gasteiger partial charge >= 0.3 is 0 Å². The van der Waals surface area contributed by atoms with Crippen LogP contribution in [0.15, 0.2) is 71.9 Å². The van der Waals surface area contributed by atoms with Gasteiger partial charge in [0.15, 0.2) is 5.54 Å². The Morgan fingerprint density at radius 3 is 2.82 bits per heavy atom. The Morgan fingerprint density at radius 1 is 1.18 bits per heavy atom. The first kappa shape index (κ1) is 13.3. The summed E-state index contributed by atoms with van der Waals surface area (Å²) in [7, 11) is 0. The van der Waals surface area contributed by atoms with E-state index in [4.69, 9.17) is 0 Å². The maximum absolute atomic E-state index is 13.0. The van der Waals surface area contributed by atoms with Crippen molar-refractivity contribution in [2.24, 2.45) is 10.9 Å². The Hall–Kier alpha value is -2.42. The molecule has 1 aliphatic carbocycles. The lowest BCUT2D eigenvalue weighted by molar-refractivity contribution is -0.127. The van der Waals surface area contributed by atoms with Gasteiger partial charge in [-0.1, -0.05) is 48.6 Å². The minimum atomic E-state index is -0.727. The van der Waals surface area contributed by atoms with Gasteiger partial charge in [-0.15, -0.1) is 0 Å². The maximum Gasteiger partial charge on any atom is 0.279 e. The largest absolute Gasteiger partial charge is 0.313 e. The van der Waals surface area contributed by atoms with Gasteiger partial charge in [0.25, 0.3) is 5.91 Å². The first-order valence-electron chi connectivity index (χ1n) is 7.83. The topological polar surface area (TPSA) is 32.7 Å². The van der Waals surface area contributed by atoms with E-state index in [9.17, 15) is 4.79 Å². The Balaban J connectivity index is 1.92. The van der Waals surface area contributed by atoms with E-state index in [1.807, 2.05) is 54.8 Å². The van der Waals surface area contributed by atoms with Crippen LogP contribution in [0.4, 0.5) is 0 Å². The number of benzene rings is 1. The summed E-state index contributed by atoms with van der Waals surface area (Å²) < 4.78 is 0. The number of amides is 1. The van der Waals surface area contributed by atoms with Crippen LogP contribution in [0.1, 0.15) is 24.8 Å². The van der Waals surface area contributed by atoms with Crippen molar-refractivity contribution >= 4 is 11.7 Å². The van der Waals surface area contributed by atoms with Gasteiger partial charge in [-0.05, 0) is 37.0 Å². The predicted molar refractivity (Wildman–Crippen MR) is 87.2 cm³/mol. The molecular weight excluding hydrogens is 272 g/mol. The number of allylic oxidation sites excluding steroid dienone is 3. The van der Waals surface area contributed by atoms with Crippen LogP contribution in [-0.2, 0) is 10.3 Å². The number of rotatable bonds is 2. The van der Waals surface area contributed by atoms with Crippen LogP contribution in [0, 0.1) is 5.92 Å². The number of aliphatic imine (C=N–C) groups is 1. The predicted octanol–water partition coefficient (Wildman–Crippen LogP) is 3.56. The first-order chi connectivity index (χ1) is 10.8. The van der Waals surface area contributed by atoms with Crippen LogP contribution in [0.5, 0.6) is 0 Å². The molecule has 22 heavy (non-hydrogen) atoms. The van der Waals surface area contributed by atoms with Gasteiger partial charge in [-0.25, -0.2) is 0 Å². The van der Waals surface area contributed by atoms with E-state index in [2.05, 4.69) is 22.0 Å². The van der Waals surface area contributed by atoms with Crippen LogP contribution < -0.4 is 0 Å². The third-order valence-corrected chi connectivity index (χ3v) is 4.77. The second-order valence-electron chi connectivity index (χ2n) is 5.94. The molecule has 110 valence electrons. The molecule has 0 saturated carbocycles. The number of hydrogen-bond donors (Lipinski definition) is 0. The molecule has 2 heterocycles. The summed E-state index contributed by atoms with van der Waals surface area (Å²) >= 11 is 0. The summed E-state index contributed by atoms with van der Waals surface area (Å²) in [6.07, 6.45) is 15.4. The lowest BCUT2D eigenvalue weighted by Crippen LogP contribution is -2.51. The molecular formula is C19H18N2O. The normalized spacial score (nSPS) is 29.6. The van der Waals surface area contributed by atoms with Crippen molar-refractivity contribution in [3.63, 3.8) is 0 Å². The van der Waals surface area contributed by atoms with Crippen molar-refractivity contribution in [3.8, 4) is 0 Å². The molecule has 0 radical (unpaired) electrons. The lowest BCUT2D eigenvalue weighted by atomic mass is 9.72. The third kappa shape index (κ3) is 1.75. The maximum atomic E-state index is 13.0. The Labute approximate surface area is 130 Å². The summed E-state index contributed by atoms with van der Waals surface area (Å²) in [4.78, 5) is 19.4. The Kier molecular flexibility index (Phi) is 3.07. The van der Waals surface area contributed by atoms with E-state index in [1.165, 1.54) is 0 Å². The van der Waals surface area contributed by atoms with E-state index in [0.717, 1.165) is 30.7 Å². The molecule has 0 bridgehead atoms. The van der Waals surface area contributed by atoms with Gasteiger partial charge < -0.3 is 4.90 Å². The quantitative estimate of drug-likeness (QED) is 0.780. The molecule has 1 aromatic rings. The standard InChI is InChI=1S/C19H18N2O/c22-18-19(15-9-3-1-4-10-15,16-11-5-2-6-12-16)21-14-8-7-13-17(21)20-18/h1,3-5,7-11,13-14,16H,2,6,12H2. The van der Waals surface area contributed by atoms with Crippen LogP contribution >= 0.6 is 0 Å². The minimum absolute atomic E-state index is 0.0542. The monoisotopic (exact) mass is 290 g/mol. The number of nitrogens with zero attached hydrogens (tertiary/aromatic N) is 2. The first-order valence-corrected chi connectivity index (χ1v) is 7.83. The fraction of sp³-hybridized carbons (Fsp3) is 0.263. The minimum Gasteiger partial charge on any atom is -0.313 e. The van der Waals surface area contributed by atoms with Crippen LogP contribution in [0.3, 0.4) is 0 Å². The van der Waals surface area contributed by atoms with Crippen LogP contribution in [0.2, 0.25) is 0 Å². The summed E-state index contributed by atoms with van der Waals surface area (Å²) in [6.45, 7) is 0. The number of carbonyl (C=O) groups excluding carboxylic acids is 1. The zero-order valence-corrected chi connectivity index (χ0v) is 12.4. The molecule has 3 nitrogen and oxygen atoms in total. The van der Waals surface area contributed by atoms with Crippen LogP contribution in [-0.4, -0.2) is 16.6 Å². The zero-order chi connectivity index (χ0) is 15.0. The number of amidine groups is 1. The fourth-order valence-corrected chi connectivity index (χ4v) is 3.78. The van der Waals surface area contributed by atoms with E-state index >= 15 is 0 Å². The van der Waals surface area contributed by atoms with Crippen LogP contribution in [0.25, 0.3) is 0 Å². The van der Waals surface area contributed by atoms with Gasteiger partial charge in [0, 0.05) is 12.1 Å². The molecule has 0 aromatic heterocycles. The van der Waals surface area contributed by atoms with Gasteiger partial charge in [-0.3, -0.25) is 4.79 Å². The SMILES string of the molecule is O=C1N=C2C=CC=CN2C1(c1ccccc1)C1C=CCCC1. The lowest BCUT2D eigenvalue weighted by Gasteiger charge is -2.42.